The third kappa shape index (κ3) is 9.36. The number of hydrogen-bond donors (Lipinski definition) is 6. The molecule has 0 aromatic rings. The summed E-state index contributed by atoms with van der Waals surface area (Å²) < 4.78 is 0. The fourth-order valence-electron chi connectivity index (χ4n) is 1.76. The summed E-state index contributed by atoms with van der Waals surface area (Å²) in [6.07, 6.45) is 0.736. The van der Waals surface area contributed by atoms with Gasteiger partial charge in [-0.1, -0.05) is 6.92 Å². The summed E-state index contributed by atoms with van der Waals surface area (Å²) in [6, 6.07) is -1.84. The Bertz CT molecular complexity index is 460. The zero-order chi connectivity index (χ0) is 18.7. The quantitative estimate of drug-likeness (QED) is 0.250. The van der Waals surface area contributed by atoms with Crippen molar-refractivity contribution in [3.63, 3.8) is 0 Å². The van der Waals surface area contributed by atoms with Gasteiger partial charge >= 0.3 is 11.9 Å². The number of aliphatic carboxylic acids is 2. The molecular weight excluding hydrogens is 338 g/mol. The first-order valence-electron chi connectivity index (χ1n) is 7.59. The molecule has 2 amide bonds. The van der Waals surface area contributed by atoms with Gasteiger partial charge in [0.25, 0.3) is 0 Å². The minimum absolute atomic E-state index is 0.00106. The van der Waals surface area contributed by atoms with E-state index in [0.717, 1.165) is 6.42 Å². The summed E-state index contributed by atoms with van der Waals surface area (Å²) in [5.41, 5.74) is 0. The Morgan fingerprint density at radius 3 is 2.21 bits per heavy atom. The van der Waals surface area contributed by atoms with Gasteiger partial charge in [-0.2, -0.15) is 12.6 Å². The molecule has 0 spiro atoms. The molecule has 0 rings (SSSR count). The molecule has 0 fully saturated rings. The van der Waals surface area contributed by atoms with Crippen LogP contribution in [0.1, 0.15) is 33.1 Å². The first kappa shape index (κ1) is 22.2. The number of thiol groups is 1. The van der Waals surface area contributed by atoms with Crippen molar-refractivity contribution in [2.24, 2.45) is 0 Å². The monoisotopic (exact) mass is 363 g/mol. The molecule has 138 valence electrons. The van der Waals surface area contributed by atoms with Crippen molar-refractivity contribution in [1.29, 1.82) is 0 Å². The van der Waals surface area contributed by atoms with Gasteiger partial charge in [0, 0.05) is 18.2 Å². The summed E-state index contributed by atoms with van der Waals surface area (Å²) >= 11 is 3.94. The molecule has 0 radical (unpaired) electrons. The van der Waals surface area contributed by atoms with E-state index >= 15 is 0 Å². The molecule has 0 saturated heterocycles. The summed E-state index contributed by atoms with van der Waals surface area (Å²) in [5.74, 6) is -3.42. The van der Waals surface area contributed by atoms with Gasteiger partial charge in [-0.15, -0.1) is 0 Å². The molecule has 0 aromatic carbocycles. The number of carbonyl (C=O) groups excluding carboxylic acids is 2. The highest BCUT2D eigenvalue weighted by molar-refractivity contribution is 7.80. The third-order valence-corrected chi connectivity index (χ3v) is 3.67. The van der Waals surface area contributed by atoms with E-state index in [9.17, 15) is 19.2 Å². The van der Waals surface area contributed by atoms with Crippen LogP contribution >= 0.6 is 12.6 Å². The lowest BCUT2D eigenvalue weighted by Crippen LogP contribution is -2.49. The van der Waals surface area contributed by atoms with Gasteiger partial charge in [-0.05, 0) is 19.8 Å². The van der Waals surface area contributed by atoms with Crippen molar-refractivity contribution < 1.29 is 29.4 Å². The molecule has 0 bridgehead atoms. The van der Waals surface area contributed by atoms with E-state index in [-0.39, 0.29) is 24.6 Å². The smallest absolute Gasteiger partial charge is 0.322 e. The number of carboxylic acids is 2. The normalized spacial score (nSPS) is 14.3. The largest absolute Gasteiger partial charge is 0.480 e. The van der Waals surface area contributed by atoms with Gasteiger partial charge < -0.3 is 26.2 Å². The lowest BCUT2D eigenvalue weighted by Gasteiger charge is -2.20. The van der Waals surface area contributed by atoms with Crippen LogP contribution in [0.2, 0.25) is 0 Å². The molecule has 0 aliphatic carbocycles. The summed E-state index contributed by atoms with van der Waals surface area (Å²) in [7, 11) is 0. The highest BCUT2D eigenvalue weighted by atomic mass is 32.1. The Morgan fingerprint density at radius 2 is 1.75 bits per heavy atom. The second-order valence-electron chi connectivity index (χ2n) is 5.32. The van der Waals surface area contributed by atoms with E-state index in [0.29, 0.717) is 0 Å². The van der Waals surface area contributed by atoms with E-state index in [4.69, 9.17) is 10.2 Å². The van der Waals surface area contributed by atoms with Crippen LogP contribution in [0.5, 0.6) is 0 Å². The predicted molar refractivity (Wildman–Crippen MR) is 90.0 cm³/mol. The maximum absolute atomic E-state index is 11.9. The molecule has 1 unspecified atom stereocenters. The van der Waals surface area contributed by atoms with E-state index < -0.39 is 42.4 Å². The molecule has 0 aliphatic heterocycles. The van der Waals surface area contributed by atoms with Crippen LogP contribution in [0.25, 0.3) is 0 Å². The number of carboxylic acid groups (broad SMARTS) is 2. The van der Waals surface area contributed by atoms with Gasteiger partial charge in [0.15, 0.2) is 0 Å². The first-order valence-corrected chi connectivity index (χ1v) is 8.23. The SMILES string of the molecule is CCC(C)N[C@@H](CCC(=O)N[C@@H](CS)C(=O)NCC(=O)O)C(=O)O. The fourth-order valence-corrected chi connectivity index (χ4v) is 2.02. The molecule has 0 saturated carbocycles. The van der Waals surface area contributed by atoms with Crippen LogP contribution in [0, 0.1) is 0 Å². The molecule has 3 atom stereocenters. The van der Waals surface area contributed by atoms with E-state index in [1.807, 2.05) is 13.8 Å². The van der Waals surface area contributed by atoms with Crippen LogP contribution in [0.3, 0.4) is 0 Å². The average molecular weight is 363 g/mol. The summed E-state index contributed by atoms with van der Waals surface area (Å²) in [6.45, 7) is 3.20. The zero-order valence-corrected chi connectivity index (χ0v) is 14.6. The molecule has 5 N–H and O–H groups in total. The number of hydrogen-bond acceptors (Lipinski definition) is 6. The standard InChI is InChI=1S/C14H25N3O6S/c1-3-8(2)16-9(14(22)23)4-5-11(18)17-10(7-24)13(21)15-6-12(19)20/h8-10,16,24H,3-7H2,1-2H3,(H,15,21)(H,17,18)(H,19,20)(H,22,23)/t8?,9-,10-/m0/s1. The second kappa shape index (κ2) is 11.7. The molecule has 0 heterocycles. The fraction of sp³-hybridized carbons (Fsp3) is 0.714. The van der Waals surface area contributed by atoms with E-state index in [1.54, 1.807) is 0 Å². The minimum Gasteiger partial charge on any atom is -0.480 e. The lowest BCUT2D eigenvalue weighted by molar-refractivity contribution is -0.140. The first-order chi connectivity index (χ1) is 11.2. The van der Waals surface area contributed by atoms with Crippen molar-refractivity contribution in [2.75, 3.05) is 12.3 Å². The minimum atomic E-state index is -1.20. The van der Waals surface area contributed by atoms with Crippen molar-refractivity contribution >= 4 is 36.4 Å². The highest BCUT2D eigenvalue weighted by Gasteiger charge is 2.23. The molecule has 0 aromatic heterocycles. The number of nitrogens with one attached hydrogen (secondary N) is 3. The van der Waals surface area contributed by atoms with Crippen molar-refractivity contribution in [2.45, 2.75) is 51.2 Å². The maximum atomic E-state index is 11.9. The Morgan fingerprint density at radius 1 is 1.12 bits per heavy atom. The van der Waals surface area contributed by atoms with Crippen LogP contribution in [-0.4, -0.2) is 64.4 Å². The number of carbonyl (C=O) groups is 4. The van der Waals surface area contributed by atoms with Crippen LogP contribution in [0.4, 0.5) is 0 Å². The topological polar surface area (TPSA) is 145 Å². The highest BCUT2D eigenvalue weighted by Crippen LogP contribution is 2.02. The zero-order valence-electron chi connectivity index (χ0n) is 13.7. The maximum Gasteiger partial charge on any atom is 0.322 e. The van der Waals surface area contributed by atoms with Crippen molar-refractivity contribution in [3.8, 4) is 0 Å². The molecule has 24 heavy (non-hydrogen) atoms. The molecule has 0 aliphatic rings. The average Bonchev–Trinajstić information content (AvgIpc) is 2.53. The lowest BCUT2D eigenvalue weighted by atomic mass is 10.1. The third-order valence-electron chi connectivity index (χ3n) is 3.30. The van der Waals surface area contributed by atoms with Gasteiger partial charge in [-0.3, -0.25) is 19.2 Å². The van der Waals surface area contributed by atoms with E-state index in [2.05, 4.69) is 28.6 Å². The van der Waals surface area contributed by atoms with Crippen molar-refractivity contribution in [1.82, 2.24) is 16.0 Å². The second-order valence-corrected chi connectivity index (χ2v) is 5.68. The van der Waals surface area contributed by atoms with Crippen LogP contribution in [0.15, 0.2) is 0 Å². The predicted octanol–water partition coefficient (Wildman–Crippen LogP) is -0.777. The molecule has 10 heteroatoms. The van der Waals surface area contributed by atoms with Gasteiger partial charge in [0.2, 0.25) is 11.8 Å². The Kier molecular flexibility index (Phi) is 10.8. The van der Waals surface area contributed by atoms with Gasteiger partial charge in [0.1, 0.15) is 18.6 Å². The Labute approximate surface area is 146 Å². The van der Waals surface area contributed by atoms with Gasteiger partial charge in [0.05, 0.1) is 0 Å². The van der Waals surface area contributed by atoms with Crippen molar-refractivity contribution in [3.05, 3.63) is 0 Å². The summed E-state index contributed by atoms with van der Waals surface area (Å²) in [4.78, 5) is 45.2. The number of rotatable bonds is 12. The van der Waals surface area contributed by atoms with Crippen LogP contribution < -0.4 is 16.0 Å². The summed E-state index contributed by atoms with van der Waals surface area (Å²) in [5, 5.41) is 25.1. The number of amides is 2. The van der Waals surface area contributed by atoms with Gasteiger partial charge in [-0.25, -0.2) is 0 Å². The molecule has 9 nitrogen and oxygen atoms in total. The van der Waals surface area contributed by atoms with Crippen LogP contribution in [-0.2, 0) is 19.2 Å². The van der Waals surface area contributed by atoms with E-state index in [1.165, 1.54) is 0 Å². The molecular formula is C14H25N3O6S. The Hall–Kier alpha value is -1.81. The Balaban J connectivity index is 4.44.